The first-order valence-corrected chi connectivity index (χ1v) is 1.99. The molecule has 0 bridgehead atoms. The van der Waals surface area contributed by atoms with Crippen LogP contribution in [0, 0.1) is 0 Å². The first-order valence-electron chi connectivity index (χ1n) is 1.99. The SMILES string of the molecule is CCOCC.Cl.Cl.N. The van der Waals surface area contributed by atoms with E-state index in [0.717, 1.165) is 13.2 Å². The summed E-state index contributed by atoms with van der Waals surface area (Å²) in [5.74, 6) is 0. The summed E-state index contributed by atoms with van der Waals surface area (Å²) < 4.78 is 4.83. The lowest BCUT2D eigenvalue weighted by atomic mass is 10.8. The lowest BCUT2D eigenvalue weighted by molar-refractivity contribution is 0.162. The van der Waals surface area contributed by atoms with E-state index in [-0.39, 0.29) is 31.0 Å². The highest BCUT2D eigenvalue weighted by Crippen LogP contribution is 1.64. The van der Waals surface area contributed by atoms with Crippen LogP contribution in [0.25, 0.3) is 0 Å². The van der Waals surface area contributed by atoms with Gasteiger partial charge >= 0.3 is 0 Å². The summed E-state index contributed by atoms with van der Waals surface area (Å²) in [6.45, 7) is 5.67. The van der Waals surface area contributed by atoms with Gasteiger partial charge in [0.2, 0.25) is 0 Å². The summed E-state index contributed by atoms with van der Waals surface area (Å²) in [6, 6.07) is 0. The molecule has 0 aromatic heterocycles. The Bertz CT molecular complexity index is 21.5. The van der Waals surface area contributed by atoms with Gasteiger partial charge in [-0.05, 0) is 13.8 Å². The molecule has 0 atom stereocenters. The van der Waals surface area contributed by atoms with Crippen LogP contribution in [0.1, 0.15) is 13.8 Å². The van der Waals surface area contributed by atoms with Crippen LogP contribution in [0.5, 0.6) is 0 Å². The zero-order valence-electron chi connectivity index (χ0n) is 5.35. The molecule has 3 N–H and O–H groups in total. The first-order chi connectivity index (χ1) is 2.41. The number of hydrogen-bond donors (Lipinski definition) is 1. The number of ether oxygens (including phenoxy) is 1. The molecule has 0 rings (SSSR count). The van der Waals surface area contributed by atoms with Gasteiger partial charge in [0.05, 0.1) is 0 Å². The van der Waals surface area contributed by atoms with Gasteiger partial charge in [-0.2, -0.15) is 0 Å². The van der Waals surface area contributed by atoms with Crippen molar-refractivity contribution in [2.45, 2.75) is 13.8 Å². The van der Waals surface area contributed by atoms with E-state index in [4.69, 9.17) is 4.74 Å². The van der Waals surface area contributed by atoms with E-state index in [1.165, 1.54) is 0 Å². The van der Waals surface area contributed by atoms with Crippen molar-refractivity contribution >= 4 is 24.8 Å². The van der Waals surface area contributed by atoms with Crippen molar-refractivity contribution in [1.29, 1.82) is 0 Å². The van der Waals surface area contributed by atoms with Crippen LogP contribution in [-0.2, 0) is 4.74 Å². The molecule has 0 saturated carbocycles. The molecule has 0 aliphatic rings. The Morgan fingerprint density at radius 3 is 1.25 bits per heavy atom. The molecule has 0 aromatic carbocycles. The third-order valence-corrected chi connectivity index (χ3v) is 0.408. The minimum Gasteiger partial charge on any atom is -0.382 e. The average Bonchev–Trinajstić information content (AvgIpc) is 1.41. The van der Waals surface area contributed by atoms with Crippen LogP contribution in [0.15, 0.2) is 0 Å². The van der Waals surface area contributed by atoms with Crippen molar-refractivity contribution < 1.29 is 4.74 Å². The van der Waals surface area contributed by atoms with Crippen molar-refractivity contribution in [3.05, 3.63) is 0 Å². The molecular weight excluding hydrogens is 149 g/mol. The fourth-order valence-electron chi connectivity index (χ4n) is 0.204. The Balaban J connectivity index is -0.0000000267. The molecule has 4 heteroatoms. The summed E-state index contributed by atoms with van der Waals surface area (Å²) in [7, 11) is 0. The molecule has 0 saturated heterocycles. The lowest BCUT2D eigenvalue weighted by Crippen LogP contribution is -1.84. The van der Waals surface area contributed by atoms with Crippen LogP contribution in [0.3, 0.4) is 0 Å². The zero-order valence-corrected chi connectivity index (χ0v) is 6.98. The van der Waals surface area contributed by atoms with Gasteiger partial charge in [0, 0.05) is 13.2 Å². The molecule has 0 radical (unpaired) electrons. The predicted octanol–water partition coefficient (Wildman–Crippen LogP) is 2.05. The van der Waals surface area contributed by atoms with Crippen molar-refractivity contribution in [1.82, 2.24) is 6.15 Å². The van der Waals surface area contributed by atoms with Crippen molar-refractivity contribution in [2.24, 2.45) is 0 Å². The molecule has 0 aromatic rings. The van der Waals surface area contributed by atoms with E-state index < -0.39 is 0 Å². The topological polar surface area (TPSA) is 44.2 Å². The molecule has 56 valence electrons. The first kappa shape index (κ1) is 23.6. The molecule has 0 spiro atoms. The third kappa shape index (κ3) is 31.5. The van der Waals surface area contributed by atoms with E-state index in [1.54, 1.807) is 0 Å². The van der Waals surface area contributed by atoms with Crippen LogP contribution >= 0.6 is 24.8 Å². The summed E-state index contributed by atoms with van der Waals surface area (Å²) in [5, 5.41) is 0. The Morgan fingerprint density at radius 2 is 1.25 bits per heavy atom. The molecule has 8 heavy (non-hydrogen) atoms. The van der Waals surface area contributed by atoms with E-state index in [2.05, 4.69) is 0 Å². The minimum atomic E-state index is 0. The summed E-state index contributed by atoms with van der Waals surface area (Å²) >= 11 is 0. The summed E-state index contributed by atoms with van der Waals surface area (Å²) in [4.78, 5) is 0. The second-order valence-electron chi connectivity index (χ2n) is 0.781. The maximum absolute atomic E-state index is 4.83. The molecular formula is C4H15Cl2NO. The maximum atomic E-state index is 4.83. The Hall–Kier alpha value is 0.500. The van der Waals surface area contributed by atoms with Gasteiger partial charge in [-0.25, -0.2) is 0 Å². The van der Waals surface area contributed by atoms with Crippen LogP contribution in [-0.4, -0.2) is 13.2 Å². The van der Waals surface area contributed by atoms with Crippen LogP contribution in [0.2, 0.25) is 0 Å². The smallest absolute Gasteiger partial charge is 0.0437 e. The average molecular weight is 164 g/mol. The number of halogens is 2. The summed E-state index contributed by atoms with van der Waals surface area (Å²) in [5.41, 5.74) is 0. The van der Waals surface area contributed by atoms with Crippen LogP contribution < -0.4 is 6.15 Å². The maximum Gasteiger partial charge on any atom is 0.0437 e. The molecule has 0 unspecified atom stereocenters. The minimum absolute atomic E-state index is 0. The normalized spacial score (nSPS) is 5.25. The van der Waals surface area contributed by atoms with Crippen LogP contribution in [0.4, 0.5) is 0 Å². The van der Waals surface area contributed by atoms with Gasteiger partial charge in [-0.3, -0.25) is 0 Å². The number of rotatable bonds is 2. The molecule has 2 nitrogen and oxygen atoms in total. The molecule has 0 amide bonds. The number of hydrogen-bond acceptors (Lipinski definition) is 2. The van der Waals surface area contributed by atoms with Gasteiger partial charge in [0.15, 0.2) is 0 Å². The lowest BCUT2D eigenvalue weighted by Gasteiger charge is -1.86. The standard InChI is InChI=1S/C4H10O.2ClH.H3N/c1-3-5-4-2;;;/h3-4H2,1-2H3;2*1H;1H3. The predicted molar refractivity (Wildman–Crippen MR) is 41.7 cm³/mol. The Kier molecular flexibility index (Phi) is 76.3. The highest BCUT2D eigenvalue weighted by atomic mass is 35.5. The Labute approximate surface area is 63.4 Å². The molecule has 0 heterocycles. The molecule has 0 aliphatic heterocycles. The quantitative estimate of drug-likeness (QED) is 0.678. The van der Waals surface area contributed by atoms with Gasteiger partial charge in [0.25, 0.3) is 0 Å². The van der Waals surface area contributed by atoms with Crippen molar-refractivity contribution in [3.63, 3.8) is 0 Å². The summed E-state index contributed by atoms with van der Waals surface area (Å²) in [6.07, 6.45) is 0. The largest absolute Gasteiger partial charge is 0.382 e. The Morgan fingerprint density at radius 1 is 1.00 bits per heavy atom. The second kappa shape index (κ2) is 25.9. The van der Waals surface area contributed by atoms with E-state index in [0.29, 0.717) is 0 Å². The van der Waals surface area contributed by atoms with E-state index in [9.17, 15) is 0 Å². The fourth-order valence-corrected chi connectivity index (χ4v) is 0.204. The monoisotopic (exact) mass is 163 g/mol. The van der Waals surface area contributed by atoms with Gasteiger partial charge in [-0.15, -0.1) is 24.8 Å². The van der Waals surface area contributed by atoms with Gasteiger partial charge in [-0.1, -0.05) is 0 Å². The van der Waals surface area contributed by atoms with Crippen molar-refractivity contribution in [3.8, 4) is 0 Å². The van der Waals surface area contributed by atoms with Crippen molar-refractivity contribution in [2.75, 3.05) is 13.2 Å². The highest BCUT2D eigenvalue weighted by molar-refractivity contribution is 5.85. The zero-order chi connectivity index (χ0) is 4.12. The van der Waals surface area contributed by atoms with Gasteiger partial charge in [0.1, 0.15) is 0 Å². The molecule has 0 aliphatic carbocycles. The van der Waals surface area contributed by atoms with E-state index >= 15 is 0 Å². The van der Waals surface area contributed by atoms with E-state index in [1.807, 2.05) is 13.8 Å². The fraction of sp³-hybridized carbons (Fsp3) is 1.00. The molecule has 0 fully saturated rings. The third-order valence-electron chi connectivity index (χ3n) is 0.408. The van der Waals surface area contributed by atoms with Gasteiger partial charge < -0.3 is 10.9 Å². The second-order valence-corrected chi connectivity index (χ2v) is 0.781. The highest BCUT2D eigenvalue weighted by Gasteiger charge is 1.64.